The van der Waals surface area contributed by atoms with Gasteiger partial charge < -0.3 is 71.4 Å². The summed E-state index contributed by atoms with van der Waals surface area (Å²) < 4.78 is 80.7. The van der Waals surface area contributed by atoms with Gasteiger partial charge in [0.15, 0.2) is 12.6 Å². The molecular weight excluding hydrogens is 1880 g/mol. The molecule has 2 aliphatic rings. The second kappa shape index (κ2) is 115. The Bertz CT molecular complexity index is 3220. The van der Waals surface area contributed by atoms with Crippen LogP contribution >= 0.6 is 0 Å². The first kappa shape index (κ1) is 143. The molecule has 0 bridgehead atoms. The molecule has 20 heteroatoms. The normalized spacial score (nSPS) is 17.1. The molecular formula is C130H234N2O18. The molecule has 2 saturated heterocycles. The average Bonchev–Trinajstić information content (AvgIpc) is 1.67. The van der Waals surface area contributed by atoms with Gasteiger partial charge in [0, 0.05) is 72.0 Å². The Kier molecular flexibility index (Phi) is 109. The summed E-state index contributed by atoms with van der Waals surface area (Å²) in [7, 11) is 7.82. The van der Waals surface area contributed by atoms with Crippen molar-refractivity contribution in [2.24, 2.45) is 0 Å². The molecule has 2 aliphatic heterocycles. The Morgan fingerprint density at radius 3 is 0.633 bits per heavy atom. The lowest BCUT2D eigenvalue weighted by Crippen LogP contribution is -2.40. The van der Waals surface area contributed by atoms with Crippen LogP contribution in [-0.4, -0.2) is 203 Å². The number of hydrogen-bond donors (Lipinski definition) is 0. The molecule has 872 valence electrons. The zero-order valence-corrected chi connectivity index (χ0v) is 98.7. The number of nitrogens with zero attached hydrogens (tertiary/aromatic N) is 2. The van der Waals surface area contributed by atoms with Gasteiger partial charge in [-0.25, -0.2) is 0 Å². The fourth-order valence-corrected chi connectivity index (χ4v) is 18.3. The van der Waals surface area contributed by atoms with E-state index in [2.05, 4.69) is 151 Å². The highest BCUT2D eigenvalue weighted by molar-refractivity contribution is 5.71. The predicted molar refractivity (Wildman–Crippen MR) is 627 cm³/mol. The number of unbranched alkanes of at least 4 members (excludes halogenated alkanes) is 53. The van der Waals surface area contributed by atoms with Crippen LogP contribution in [0.4, 0.5) is 0 Å². The van der Waals surface area contributed by atoms with Crippen LogP contribution in [0.25, 0.3) is 0 Å². The van der Waals surface area contributed by atoms with E-state index in [1.807, 2.05) is 38.0 Å². The summed E-state index contributed by atoms with van der Waals surface area (Å²) in [6.45, 7) is 19.8. The number of ether oxygens (including phenoxy) is 13. The van der Waals surface area contributed by atoms with Crippen molar-refractivity contribution in [2.75, 3.05) is 114 Å². The lowest BCUT2D eigenvalue weighted by molar-refractivity contribution is -0.184. The molecule has 0 N–H and O–H groups in total. The Morgan fingerprint density at radius 2 is 0.393 bits per heavy atom. The highest BCUT2D eigenvalue weighted by Gasteiger charge is 2.49. The Hall–Kier alpha value is -5.39. The van der Waals surface area contributed by atoms with Gasteiger partial charge in [-0.2, -0.15) is 0 Å². The van der Waals surface area contributed by atoms with Gasteiger partial charge in [-0.1, -0.05) is 433 Å². The van der Waals surface area contributed by atoms with Crippen LogP contribution < -0.4 is 0 Å². The van der Waals surface area contributed by atoms with Crippen LogP contribution in [-0.2, 0) is 85.6 Å². The molecule has 2 heterocycles. The first-order valence-electron chi connectivity index (χ1n) is 62.7. The first-order valence-corrected chi connectivity index (χ1v) is 62.7. The van der Waals surface area contributed by atoms with Gasteiger partial charge in [-0.05, 0) is 202 Å². The summed E-state index contributed by atoms with van der Waals surface area (Å²) >= 11 is 0. The van der Waals surface area contributed by atoms with Crippen molar-refractivity contribution < 1.29 is 85.6 Å². The molecule has 0 radical (unpaired) electrons. The highest BCUT2D eigenvalue weighted by Crippen LogP contribution is 2.33. The van der Waals surface area contributed by atoms with Gasteiger partial charge in [0.2, 0.25) is 0 Å². The van der Waals surface area contributed by atoms with Crippen molar-refractivity contribution in [1.29, 1.82) is 0 Å². The standard InChI is InChI=1S/C66H113NO6.C64H121NO12/c1-6-9-12-15-18-21-24-27-30-33-36-38-41-44-47-50-53-58-69-64-62(61-72-63(68)56-57-67(4)5)73-66(71-60-55-52-49-46-43-40-37-34-31-28-25-22-19-16-13-10-7-2)65(64)70-59-54-51-48-45-42-39-35-32-29-26-23-20-17-14-11-8-3;1-6-9-12-15-27-36-45-58(66)70-50-39-30-21-18-24-33-42-53-73-62-57(56-76-61(69)48-49-65(4)5)77-64(75-55-44-35-26-20-23-32-41-52-72-60(68)47-38-29-17-14-11-8-3)63(62)74-54-43-34-25-19-22-31-40-51-71-59(67)46-37-28-16-13-10-7-2/h9-14,18-23,27-32,62,64-66H,6-8,15-17,24-26,33-61H2,1-5H3;57,62-64H,6-56H2,1-5H3/b12-9-,13-10-,14-11-,21-18-,22-19-,23-20-,30-27-,31-28-,32-29-;/t62-,64?,65+,66-;57-,62?,63+,64-/m11/s1. The fraction of sp³-hybridized carbons (Fsp3) is 0.823. The maximum atomic E-state index is 12.8. The van der Waals surface area contributed by atoms with Crippen LogP contribution in [0, 0.1) is 0 Å². The minimum Gasteiger partial charge on any atom is -0.466 e. The highest BCUT2D eigenvalue weighted by atomic mass is 16.7. The van der Waals surface area contributed by atoms with E-state index in [0.717, 1.165) is 276 Å². The van der Waals surface area contributed by atoms with Crippen molar-refractivity contribution in [3.8, 4) is 0 Å². The summed E-state index contributed by atoms with van der Waals surface area (Å²) in [6.07, 6.45) is 120. The number of hydrogen-bond acceptors (Lipinski definition) is 20. The lowest BCUT2D eigenvalue weighted by atomic mass is 10.1. The van der Waals surface area contributed by atoms with Crippen LogP contribution in [0.2, 0.25) is 0 Å². The van der Waals surface area contributed by atoms with Gasteiger partial charge >= 0.3 is 29.8 Å². The predicted octanol–water partition coefficient (Wildman–Crippen LogP) is 34.6. The molecule has 8 atom stereocenters. The number of esters is 5. The van der Waals surface area contributed by atoms with Crippen molar-refractivity contribution in [3.05, 3.63) is 109 Å². The molecule has 2 rings (SSSR count). The van der Waals surface area contributed by atoms with E-state index in [0.29, 0.717) is 105 Å². The third-order valence-corrected chi connectivity index (χ3v) is 27.7. The number of allylic oxidation sites excluding steroid dienone is 18. The molecule has 0 aliphatic carbocycles. The van der Waals surface area contributed by atoms with E-state index < -0.39 is 37.0 Å². The maximum absolute atomic E-state index is 12.8. The molecule has 20 nitrogen and oxygen atoms in total. The molecule has 2 unspecified atom stereocenters. The summed E-state index contributed by atoms with van der Waals surface area (Å²) in [5.41, 5.74) is 0. The molecule has 0 saturated carbocycles. The second-order valence-electron chi connectivity index (χ2n) is 42.6. The molecule has 0 aromatic carbocycles. The smallest absolute Gasteiger partial charge is 0.307 e. The van der Waals surface area contributed by atoms with Crippen LogP contribution in [0.15, 0.2) is 109 Å². The molecule has 0 aromatic rings. The van der Waals surface area contributed by atoms with Crippen LogP contribution in [0.5, 0.6) is 0 Å². The number of rotatable bonds is 111. The van der Waals surface area contributed by atoms with Gasteiger partial charge in [-0.3, -0.25) is 24.0 Å². The largest absolute Gasteiger partial charge is 0.466 e. The molecule has 0 amide bonds. The van der Waals surface area contributed by atoms with E-state index >= 15 is 0 Å². The third-order valence-electron chi connectivity index (χ3n) is 27.7. The summed E-state index contributed by atoms with van der Waals surface area (Å²) in [5, 5.41) is 0. The minimum absolute atomic E-state index is 0.0525. The summed E-state index contributed by atoms with van der Waals surface area (Å²) in [5.74, 6) is -0.636. The molecule has 150 heavy (non-hydrogen) atoms. The van der Waals surface area contributed by atoms with Crippen LogP contribution in [0.1, 0.15) is 530 Å². The molecule has 0 aromatic heterocycles. The quantitative estimate of drug-likeness (QED) is 0.0240. The van der Waals surface area contributed by atoms with Crippen molar-refractivity contribution >= 4 is 29.8 Å². The van der Waals surface area contributed by atoms with Gasteiger partial charge in [0.05, 0.1) is 32.7 Å². The van der Waals surface area contributed by atoms with E-state index in [9.17, 15) is 24.0 Å². The van der Waals surface area contributed by atoms with E-state index in [4.69, 9.17) is 61.6 Å². The monoisotopic (exact) mass is 2110 g/mol. The lowest BCUT2D eigenvalue weighted by Gasteiger charge is -2.25. The zero-order valence-electron chi connectivity index (χ0n) is 98.7. The van der Waals surface area contributed by atoms with E-state index in [1.54, 1.807) is 0 Å². The van der Waals surface area contributed by atoms with Crippen LogP contribution in [0.3, 0.4) is 0 Å². The summed E-state index contributed by atoms with van der Waals surface area (Å²) in [6, 6.07) is 0. The maximum Gasteiger partial charge on any atom is 0.307 e. The molecule has 2 fully saturated rings. The third kappa shape index (κ3) is 97.1. The van der Waals surface area contributed by atoms with Gasteiger partial charge in [-0.15, -0.1) is 0 Å². The van der Waals surface area contributed by atoms with E-state index in [1.165, 1.54) is 180 Å². The minimum atomic E-state index is -0.621. The van der Waals surface area contributed by atoms with Crippen molar-refractivity contribution in [3.63, 3.8) is 0 Å². The number of carbonyl (C=O) groups is 5. The first-order chi connectivity index (χ1) is 73.7. The Morgan fingerprint density at radius 1 is 0.200 bits per heavy atom. The van der Waals surface area contributed by atoms with Crippen molar-refractivity contribution in [1.82, 2.24) is 9.80 Å². The average molecular weight is 2110 g/mol. The fourth-order valence-electron chi connectivity index (χ4n) is 18.3. The summed E-state index contributed by atoms with van der Waals surface area (Å²) in [4.78, 5) is 65.8. The number of carbonyl (C=O) groups excluding carboxylic acids is 5. The zero-order chi connectivity index (χ0) is 109. The topological polar surface area (TPSA) is 212 Å². The van der Waals surface area contributed by atoms with Gasteiger partial charge in [0.1, 0.15) is 49.8 Å². The van der Waals surface area contributed by atoms with Crippen molar-refractivity contribution in [2.45, 2.75) is 579 Å². The van der Waals surface area contributed by atoms with E-state index in [-0.39, 0.29) is 55.3 Å². The molecule has 0 spiro atoms. The van der Waals surface area contributed by atoms with Gasteiger partial charge in [0.25, 0.3) is 0 Å². The Labute approximate surface area is 921 Å². The second-order valence-corrected chi connectivity index (χ2v) is 42.6. The SMILES string of the molecule is CC/C=C\C/C=C\C/C=C\CCCCCCCCCOC1[C@@H](COC(=O)CCN(C)C)O[C@@H](OCCCCCCCCC/C=C\C/C=C\C/C=C\CC)[C@H]1OCCCCCCCC/C=C\C/C=C\C/C=C\CC.CCCCCCCCC(=O)OCCCCCCCCCOC1[C@@H](COC(=O)CCN(C)C)O[C@@H](OCCCCCCCCCOC(=O)CCCCCCCC)[C@H]1OCCCCCCCCCOC(=O)CCCCCCCC. The Balaban J connectivity index is 0.00000150.